The van der Waals surface area contributed by atoms with Crippen LogP contribution in [0.25, 0.3) is 21.9 Å². The van der Waals surface area contributed by atoms with Crippen molar-refractivity contribution in [3.63, 3.8) is 0 Å². The lowest BCUT2D eigenvalue weighted by molar-refractivity contribution is 0.0570. The molecule has 0 saturated carbocycles. The van der Waals surface area contributed by atoms with E-state index < -0.39 is 10.0 Å². The fraction of sp³-hybridized carbons (Fsp3) is 0.545. The SMILES string of the molecule is COC1CCCN(S(=O)(=O)CC2CCN(c3ccnc4cnc5[nH]ccc5c34)CC2)C1. The number of nitrogens with one attached hydrogen (secondary N) is 1. The molecule has 1 unspecified atom stereocenters. The van der Waals surface area contributed by atoms with Gasteiger partial charge >= 0.3 is 0 Å². The summed E-state index contributed by atoms with van der Waals surface area (Å²) in [5.41, 5.74) is 2.89. The van der Waals surface area contributed by atoms with Gasteiger partial charge in [-0.1, -0.05) is 0 Å². The third kappa shape index (κ3) is 4.02. The van der Waals surface area contributed by atoms with Crippen LogP contribution in [0.1, 0.15) is 25.7 Å². The van der Waals surface area contributed by atoms with Gasteiger partial charge in [-0.05, 0) is 43.7 Å². The number of nitrogens with zero attached hydrogens (tertiary/aromatic N) is 4. The van der Waals surface area contributed by atoms with Crippen LogP contribution in [0, 0.1) is 5.92 Å². The van der Waals surface area contributed by atoms with Crippen LogP contribution in [0.5, 0.6) is 0 Å². The highest BCUT2D eigenvalue weighted by Gasteiger charge is 2.32. The standard InChI is InChI=1S/C22H29N5O3S/c1-30-17-3-2-10-27(14-17)31(28,29)15-16-6-11-26(12-7-16)20-5-9-23-19-13-25-22-18(21(19)20)4-8-24-22/h4-5,8-9,13,16-17H,2-3,6-7,10-12,14-15H2,1H3,(H,24,25). The largest absolute Gasteiger partial charge is 0.380 e. The van der Waals surface area contributed by atoms with Gasteiger partial charge in [0, 0.05) is 62.1 Å². The molecule has 3 aromatic heterocycles. The highest BCUT2D eigenvalue weighted by molar-refractivity contribution is 7.89. The quantitative estimate of drug-likeness (QED) is 0.652. The highest BCUT2D eigenvalue weighted by Crippen LogP contribution is 2.34. The summed E-state index contributed by atoms with van der Waals surface area (Å²) in [4.78, 5) is 14.5. The summed E-state index contributed by atoms with van der Waals surface area (Å²) >= 11 is 0. The zero-order valence-corrected chi connectivity index (χ0v) is 18.6. The molecule has 0 aliphatic carbocycles. The van der Waals surface area contributed by atoms with Gasteiger partial charge in [-0.15, -0.1) is 0 Å². The maximum absolute atomic E-state index is 13.0. The van der Waals surface area contributed by atoms with Gasteiger partial charge in [0.15, 0.2) is 0 Å². The Morgan fingerprint density at radius 2 is 2.00 bits per heavy atom. The normalized spacial score (nSPS) is 21.8. The van der Waals surface area contributed by atoms with E-state index in [0.717, 1.165) is 66.4 Å². The average Bonchev–Trinajstić information content (AvgIpc) is 3.28. The van der Waals surface area contributed by atoms with Crippen molar-refractivity contribution < 1.29 is 13.2 Å². The van der Waals surface area contributed by atoms with Crippen molar-refractivity contribution in [3.8, 4) is 0 Å². The predicted molar refractivity (Wildman–Crippen MR) is 122 cm³/mol. The molecule has 2 aliphatic rings. The van der Waals surface area contributed by atoms with Gasteiger partial charge in [0.05, 0.1) is 23.6 Å². The van der Waals surface area contributed by atoms with Gasteiger partial charge in [-0.2, -0.15) is 4.31 Å². The van der Waals surface area contributed by atoms with E-state index >= 15 is 0 Å². The van der Waals surface area contributed by atoms with Gasteiger partial charge in [-0.3, -0.25) is 4.98 Å². The molecule has 0 aromatic carbocycles. The molecule has 2 saturated heterocycles. The molecular weight excluding hydrogens is 414 g/mol. The second-order valence-electron chi connectivity index (χ2n) is 8.66. The van der Waals surface area contributed by atoms with Crippen LogP contribution in [-0.4, -0.2) is 72.8 Å². The molecular formula is C22H29N5O3S. The maximum Gasteiger partial charge on any atom is 0.214 e. The van der Waals surface area contributed by atoms with Crippen molar-refractivity contribution >= 4 is 37.6 Å². The average molecular weight is 444 g/mol. The van der Waals surface area contributed by atoms with E-state index in [0.29, 0.717) is 13.1 Å². The number of anilines is 1. The van der Waals surface area contributed by atoms with Crippen LogP contribution in [0.15, 0.2) is 30.7 Å². The Morgan fingerprint density at radius 3 is 2.81 bits per heavy atom. The van der Waals surface area contributed by atoms with Crippen LogP contribution in [0.3, 0.4) is 0 Å². The van der Waals surface area contributed by atoms with Gasteiger partial charge < -0.3 is 14.6 Å². The van der Waals surface area contributed by atoms with Gasteiger partial charge in [-0.25, -0.2) is 13.4 Å². The minimum absolute atomic E-state index is 0.0186. The van der Waals surface area contributed by atoms with E-state index in [1.807, 2.05) is 24.7 Å². The Hall–Kier alpha value is -2.23. The first-order valence-electron chi connectivity index (χ1n) is 11.0. The van der Waals surface area contributed by atoms with E-state index in [1.165, 1.54) is 0 Å². The second kappa shape index (κ2) is 8.37. The van der Waals surface area contributed by atoms with Gasteiger partial charge in [0.25, 0.3) is 0 Å². The lowest BCUT2D eigenvalue weighted by atomic mass is 9.98. The molecule has 2 aliphatic heterocycles. The van der Waals surface area contributed by atoms with Crippen LogP contribution in [-0.2, 0) is 14.8 Å². The number of H-pyrrole nitrogens is 1. The maximum atomic E-state index is 13.0. The lowest BCUT2D eigenvalue weighted by Gasteiger charge is -2.36. The summed E-state index contributed by atoms with van der Waals surface area (Å²) in [5.74, 6) is 0.423. The molecule has 1 atom stereocenters. The first-order valence-corrected chi connectivity index (χ1v) is 12.6. The minimum atomic E-state index is -3.25. The zero-order chi connectivity index (χ0) is 21.4. The molecule has 5 heterocycles. The summed E-state index contributed by atoms with van der Waals surface area (Å²) in [6, 6.07) is 4.10. The number of fused-ring (bicyclic) bond motifs is 3. The fourth-order valence-electron chi connectivity index (χ4n) is 4.99. The van der Waals surface area contributed by atoms with Crippen LogP contribution >= 0.6 is 0 Å². The first kappa shape index (κ1) is 20.7. The van der Waals surface area contributed by atoms with Crippen LogP contribution in [0.2, 0.25) is 0 Å². The highest BCUT2D eigenvalue weighted by atomic mass is 32.2. The van der Waals surface area contributed by atoms with E-state index in [9.17, 15) is 8.42 Å². The number of aromatic amines is 1. The van der Waals surface area contributed by atoms with Crippen LogP contribution < -0.4 is 4.90 Å². The molecule has 3 aromatic rings. The molecule has 31 heavy (non-hydrogen) atoms. The summed E-state index contributed by atoms with van der Waals surface area (Å²) in [6.07, 6.45) is 9.10. The molecule has 0 spiro atoms. The third-order valence-corrected chi connectivity index (χ3v) is 8.75. The van der Waals surface area contributed by atoms with Crippen molar-refractivity contribution in [2.45, 2.75) is 31.8 Å². The number of hydrogen-bond donors (Lipinski definition) is 1. The Balaban J connectivity index is 1.29. The molecule has 9 heteroatoms. The summed E-state index contributed by atoms with van der Waals surface area (Å²) in [5, 5.41) is 2.18. The van der Waals surface area contributed by atoms with Gasteiger partial charge in [0.1, 0.15) is 5.65 Å². The van der Waals surface area contributed by atoms with Crippen molar-refractivity contribution in [2.24, 2.45) is 5.92 Å². The van der Waals surface area contributed by atoms with Crippen molar-refractivity contribution in [1.82, 2.24) is 19.3 Å². The van der Waals surface area contributed by atoms with E-state index in [4.69, 9.17) is 4.74 Å². The Morgan fingerprint density at radius 1 is 1.16 bits per heavy atom. The minimum Gasteiger partial charge on any atom is -0.380 e. The van der Waals surface area contributed by atoms with Crippen molar-refractivity contribution in [3.05, 3.63) is 30.7 Å². The van der Waals surface area contributed by atoms with Crippen molar-refractivity contribution in [1.29, 1.82) is 0 Å². The van der Waals surface area contributed by atoms with E-state index in [1.54, 1.807) is 11.4 Å². The van der Waals surface area contributed by atoms with E-state index in [-0.39, 0.29) is 17.8 Å². The van der Waals surface area contributed by atoms with Gasteiger partial charge in [0.2, 0.25) is 10.0 Å². The molecule has 166 valence electrons. The zero-order valence-electron chi connectivity index (χ0n) is 17.8. The smallest absolute Gasteiger partial charge is 0.214 e. The molecule has 5 rings (SSSR count). The molecule has 2 fully saturated rings. The predicted octanol–water partition coefficient (Wildman–Crippen LogP) is 2.77. The molecule has 1 N–H and O–H groups in total. The Kier molecular flexibility index (Phi) is 5.58. The van der Waals surface area contributed by atoms with E-state index in [2.05, 4.69) is 25.9 Å². The lowest BCUT2D eigenvalue weighted by Crippen LogP contribution is -2.45. The number of pyridine rings is 2. The molecule has 0 amide bonds. The number of methoxy groups -OCH3 is 1. The number of piperidine rings is 2. The summed E-state index contributed by atoms with van der Waals surface area (Å²) in [7, 11) is -1.59. The first-order chi connectivity index (χ1) is 15.0. The molecule has 8 nitrogen and oxygen atoms in total. The Labute approximate surface area is 182 Å². The molecule has 0 radical (unpaired) electrons. The number of sulfonamides is 1. The number of ether oxygens (including phenoxy) is 1. The number of hydrogen-bond acceptors (Lipinski definition) is 6. The second-order valence-corrected chi connectivity index (χ2v) is 10.7. The fourth-order valence-corrected chi connectivity index (χ4v) is 6.93. The number of rotatable bonds is 5. The molecule has 0 bridgehead atoms. The monoisotopic (exact) mass is 443 g/mol. The van der Waals surface area contributed by atoms with Crippen molar-refractivity contribution in [2.75, 3.05) is 43.9 Å². The summed E-state index contributed by atoms with van der Waals surface area (Å²) < 4.78 is 33.0. The third-order valence-electron chi connectivity index (χ3n) is 6.74. The Bertz CT molecular complexity index is 1170. The summed E-state index contributed by atoms with van der Waals surface area (Å²) in [6.45, 7) is 2.79. The topological polar surface area (TPSA) is 91.4 Å². The number of aromatic nitrogens is 3. The van der Waals surface area contributed by atoms with Crippen LogP contribution in [0.4, 0.5) is 5.69 Å².